The third-order valence-corrected chi connectivity index (χ3v) is 6.69. The summed E-state index contributed by atoms with van der Waals surface area (Å²) in [5.74, 6) is 0.667. The van der Waals surface area contributed by atoms with Gasteiger partial charge >= 0.3 is 0 Å². The van der Waals surface area contributed by atoms with Gasteiger partial charge in [0.05, 0.1) is 5.69 Å². The van der Waals surface area contributed by atoms with Crippen LogP contribution in [0.15, 0.2) is 46.1 Å². The second-order valence-electron chi connectivity index (χ2n) is 6.75. The van der Waals surface area contributed by atoms with Gasteiger partial charge in [-0.25, -0.2) is 8.42 Å². The second kappa shape index (κ2) is 10.1. The number of hydrogen-bond acceptors (Lipinski definition) is 5. The normalized spacial score (nSPS) is 16.2. The van der Waals surface area contributed by atoms with E-state index in [4.69, 9.17) is 21.1 Å². The fourth-order valence-corrected chi connectivity index (χ4v) is 4.82. The van der Waals surface area contributed by atoms with E-state index in [2.05, 4.69) is 15.4 Å². The molecule has 1 N–H and O–H groups in total. The van der Waals surface area contributed by atoms with Crippen LogP contribution in [0.1, 0.15) is 18.2 Å². The number of guanidine groups is 1. The van der Waals surface area contributed by atoms with E-state index in [1.165, 1.54) is 10.6 Å². The van der Waals surface area contributed by atoms with Gasteiger partial charge in [-0.1, -0.05) is 28.9 Å². The van der Waals surface area contributed by atoms with Gasteiger partial charge in [-0.05, 0) is 31.0 Å². The minimum absolute atomic E-state index is 0.142. The summed E-state index contributed by atoms with van der Waals surface area (Å²) in [7, 11) is -3.41. The zero-order chi connectivity index (χ0) is 20.7. The van der Waals surface area contributed by atoms with E-state index < -0.39 is 10.0 Å². The molecule has 0 unspecified atom stereocenters. The van der Waals surface area contributed by atoms with Gasteiger partial charge in [-0.15, -0.1) is 0 Å². The van der Waals surface area contributed by atoms with Gasteiger partial charge in [0.15, 0.2) is 5.96 Å². The van der Waals surface area contributed by atoms with E-state index in [-0.39, 0.29) is 5.75 Å². The molecule has 0 bridgehead atoms. The van der Waals surface area contributed by atoms with Gasteiger partial charge in [-0.2, -0.15) is 4.31 Å². The third kappa shape index (κ3) is 6.19. The molecule has 0 saturated carbocycles. The lowest BCUT2D eigenvalue weighted by Crippen LogP contribution is -2.54. The molecule has 29 heavy (non-hydrogen) atoms. The summed E-state index contributed by atoms with van der Waals surface area (Å²) in [5.41, 5.74) is 1.56. The van der Waals surface area contributed by atoms with Crippen molar-refractivity contribution in [3.8, 4) is 0 Å². The Morgan fingerprint density at radius 2 is 2.07 bits per heavy atom. The topological polar surface area (TPSA) is 91.0 Å². The molecule has 1 aliphatic heterocycles. The van der Waals surface area contributed by atoms with Crippen molar-refractivity contribution in [1.82, 2.24) is 19.7 Å². The molecule has 0 atom stereocenters. The van der Waals surface area contributed by atoms with Crippen molar-refractivity contribution in [2.75, 3.05) is 39.3 Å². The highest BCUT2D eigenvalue weighted by Crippen LogP contribution is 2.14. The molecule has 0 spiro atoms. The fraction of sp³-hybridized carbons (Fsp3) is 0.474. The van der Waals surface area contributed by atoms with Crippen LogP contribution >= 0.6 is 11.6 Å². The van der Waals surface area contributed by atoms with Crippen LogP contribution in [0.4, 0.5) is 0 Å². The summed E-state index contributed by atoms with van der Waals surface area (Å²) in [6.45, 7) is 5.40. The van der Waals surface area contributed by atoms with Crippen molar-refractivity contribution in [2.24, 2.45) is 4.99 Å². The highest BCUT2D eigenvalue weighted by molar-refractivity contribution is 7.88. The maximum atomic E-state index is 12.6. The summed E-state index contributed by atoms with van der Waals surface area (Å²) in [4.78, 5) is 6.81. The van der Waals surface area contributed by atoms with Crippen LogP contribution in [0.2, 0.25) is 5.02 Å². The first kappa shape index (κ1) is 21.6. The lowest BCUT2D eigenvalue weighted by atomic mass is 10.1. The molecule has 3 rings (SSSR count). The smallest absolute Gasteiger partial charge is 0.220 e. The largest absolute Gasteiger partial charge is 0.364 e. The minimum Gasteiger partial charge on any atom is -0.364 e. The van der Waals surface area contributed by atoms with E-state index in [0.717, 1.165) is 29.5 Å². The van der Waals surface area contributed by atoms with E-state index in [1.807, 2.05) is 31.2 Å². The van der Waals surface area contributed by atoms with E-state index in [1.54, 1.807) is 6.07 Å². The molecule has 1 aliphatic rings. The Labute approximate surface area is 176 Å². The predicted molar refractivity (Wildman–Crippen MR) is 113 cm³/mol. The number of nitrogens with one attached hydrogen (secondary N) is 1. The number of hydrogen-bond donors (Lipinski definition) is 1. The molecule has 1 saturated heterocycles. The monoisotopic (exact) mass is 439 g/mol. The maximum absolute atomic E-state index is 12.6. The number of piperazine rings is 1. The van der Waals surface area contributed by atoms with Crippen LogP contribution in [0.5, 0.6) is 0 Å². The number of rotatable bonds is 7. The molecule has 158 valence electrons. The third-order valence-electron chi connectivity index (χ3n) is 4.64. The molecular formula is C19H26ClN5O3S. The minimum atomic E-state index is -3.41. The van der Waals surface area contributed by atoms with Gasteiger partial charge in [0, 0.05) is 50.4 Å². The molecule has 0 aliphatic carbocycles. The van der Waals surface area contributed by atoms with Crippen LogP contribution in [0.3, 0.4) is 0 Å². The summed E-state index contributed by atoms with van der Waals surface area (Å²) in [6, 6.07) is 9.35. The standard InChI is InChI=1S/C19H26ClN5O3S/c1-2-21-19(22-8-6-16-4-3-5-17(20)14-16)24-9-11-25(12-10-24)29(26,27)15-18-7-13-28-23-18/h3-5,7,13-14H,2,6,8-12,15H2,1H3,(H,21,22). The first-order valence-electron chi connectivity index (χ1n) is 9.62. The lowest BCUT2D eigenvalue weighted by Gasteiger charge is -2.35. The SMILES string of the molecule is CCNC(=NCCc1cccc(Cl)c1)N1CCN(S(=O)(=O)Cc2ccon2)CC1. The van der Waals surface area contributed by atoms with Crippen LogP contribution in [0.25, 0.3) is 0 Å². The maximum Gasteiger partial charge on any atom is 0.220 e. The Bertz CT molecular complexity index is 910. The van der Waals surface area contributed by atoms with E-state index >= 15 is 0 Å². The fourth-order valence-electron chi connectivity index (χ4n) is 3.18. The Balaban J connectivity index is 1.56. The van der Waals surface area contributed by atoms with Gasteiger partial charge in [0.1, 0.15) is 12.0 Å². The number of aromatic nitrogens is 1. The van der Waals surface area contributed by atoms with Crippen molar-refractivity contribution in [2.45, 2.75) is 19.1 Å². The number of benzene rings is 1. The molecule has 10 heteroatoms. The van der Waals surface area contributed by atoms with Crippen molar-refractivity contribution in [3.05, 3.63) is 52.9 Å². The van der Waals surface area contributed by atoms with Crippen molar-refractivity contribution >= 4 is 27.6 Å². The zero-order valence-electron chi connectivity index (χ0n) is 16.4. The summed E-state index contributed by atoms with van der Waals surface area (Å²) in [6.07, 6.45) is 2.17. The highest BCUT2D eigenvalue weighted by Gasteiger charge is 2.28. The lowest BCUT2D eigenvalue weighted by molar-refractivity contribution is 0.260. The number of aliphatic imine (C=N–C) groups is 1. The summed E-state index contributed by atoms with van der Waals surface area (Å²) < 4.78 is 31.4. The Kier molecular flexibility index (Phi) is 7.51. The van der Waals surface area contributed by atoms with Gasteiger partial charge < -0.3 is 14.7 Å². The average Bonchev–Trinajstić information content (AvgIpc) is 3.20. The Morgan fingerprint density at radius 1 is 1.28 bits per heavy atom. The summed E-state index contributed by atoms with van der Waals surface area (Å²) in [5, 5.41) is 7.72. The molecule has 8 nitrogen and oxygen atoms in total. The van der Waals surface area contributed by atoms with Crippen LogP contribution in [-0.2, 0) is 22.2 Å². The molecule has 2 heterocycles. The number of halogens is 1. The molecule has 1 fully saturated rings. The summed E-state index contributed by atoms with van der Waals surface area (Å²) >= 11 is 6.03. The highest BCUT2D eigenvalue weighted by atomic mass is 35.5. The molecule has 0 radical (unpaired) electrons. The predicted octanol–water partition coefficient (Wildman–Crippen LogP) is 1.98. The average molecular weight is 440 g/mol. The second-order valence-corrected chi connectivity index (χ2v) is 9.15. The number of sulfonamides is 1. The van der Waals surface area contributed by atoms with Gasteiger partial charge in [0.2, 0.25) is 10.0 Å². The van der Waals surface area contributed by atoms with Crippen molar-refractivity contribution in [3.63, 3.8) is 0 Å². The zero-order valence-corrected chi connectivity index (χ0v) is 18.0. The van der Waals surface area contributed by atoms with Gasteiger partial charge in [0.25, 0.3) is 0 Å². The van der Waals surface area contributed by atoms with Crippen molar-refractivity contribution in [1.29, 1.82) is 0 Å². The first-order chi connectivity index (χ1) is 14.0. The van der Waals surface area contributed by atoms with Gasteiger partial charge in [-0.3, -0.25) is 4.99 Å². The van der Waals surface area contributed by atoms with Crippen LogP contribution in [-0.4, -0.2) is 68.0 Å². The first-order valence-corrected chi connectivity index (χ1v) is 11.6. The van der Waals surface area contributed by atoms with E-state index in [0.29, 0.717) is 38.4 Å². The quantitative estimate of drug-likeness (QED) is 0.524. The van der Waals surface area contributed by atoms with Crippen LogP contribution in [0, 0.1) is 0 Å². The van der Waals surface area contributed by atoms with Crippen LogP contribution < -0.4 is 5.32 Å². The Morgan fingerprint density at radius 3 is 2.72 bits per heavy atom. The molecule has 0 amide bonds. The molecule has 1 aromatic heterocycles. The van der Waals surface area contributed by atoms with E-state index in [9.17, 15) is 8.42 Å². The van der Waals surface area contributed by atoms with Crippen molar-refractivity contribution < 1.29 is 12.9 Å². The molecule has 1 aromatic carbocycles. The Hall–Kier alpha value is -2.10. The number of nitrogens with zero attached hydrogens (tertiary/aromatic N) is 4. The molecular weight excluding hydrogens is 414 g/mol. The molecule has 2 aromatic rings.